The zero-order valence-electron chi connectivity index (χ0n) is 12.8. The molecule has 0 aliphatic carbocycles. The first-order chi connectivity index (χ1) is 9.45. The Morgan fingerprint density at radius 3 is 2.50 bits per heavy atom. The van der Waals surface area contributed by atoms with Crippen molar-refractivity contribution in [3.63, 3.8) is 0 Å². The number of rotatable bonds is 4. The maximum atomic E-state index is 12.9. The largest absolute Gasteiger partial charge is 0.475 e. The van der Waals surface area contributed by atoms with Gasteiger partial charge in [-0.15, -0.1) is 0 Å². The number of benzene rings is 1. The van der Waals surface area contributed by atoms with Crippen molar-refractivity contribution >= 4 is 17.3 Å². The molecule has 0 bridgehead atoms. The summed E-state index contributed by atoms with van der Waals surface area (Å²) in [5.41, 5.74) is 6.63. The van der Waals surface area contributed by atoms with Gasteiger partial charge in [-0.25, -0.2) is 0 Å². The van der Waals surface area contributed by atoms with Crippen molar-refractivity contribution in [3.8, 4) is 5.75 Å². The topological polar surface area (TPSA) is 55.6 Å². The minimum Gasteiger partial charge on any atom is -0.475 e. The maximum Gasteiger partial charge on any atom is 0.271 e. The number of carbonyl (C=O) groups excluding carboxylic acids is 1. The van der Waals surface area contributed by atoms with E-state index in [0.29, 0.717) is 36.7 Å². The Hall–Kier alpha value is -1.71. The second-order valence-corrected chi connectivity index (χ2v) is 5.81. The molecular weight excluding hydrogens is 252 g/mol. The smallest absolute Gasteiger partial charge is 0.271 e. The standard InChI is InChI=1S/C16H24N2O2/c1-5-16(6-2)15(19)18(10-11(3)4)14-12(17)8-7-9-13(14)20-16/h7-9,11H,5-6,10,17H2,1-4H3. The minimum absolute atomic E-state index is 0.0293. The van der Waals surface area contributed by atoms with Gasteiger partial charge in [-0.1, -0.05) is 33.8 Å². The van der Waals surface area contributed by atoms with Gasteiger partial charge in [-0.3, -0.25) is 4.79 Å². The molecule has 1 aromatic carbocycles. The zero-order chi connectivity index (χ0) is 14.9. The van der Waals surface area contributed by atoms with E-state index in [0.717, 1.165) is 5.69 Å². The van der Waals surface area contributed by atoms with Crippen LogP contribution in [-0.2, 0) is 4.79 Å². The van der Waals surface area contributed by atoms with Gasteiger partial charge in [0.1, 0.15) is 11.4 Å². The van der Waals surface area contributed by atoms with Crippen molar-refractivity contribution in [2.45, 2.75) is 46.1 Å². The molecule has 0 aromatic heterocycles. The van der Waals surface area contributed by atoms with Crippen LogP contribution in [0.2, 0.25) is 0 Å². The first-order valence-electron chi connectivity index (χ1n) is 7.34. The number of para-hydroxylation sites is 1. The maximum absolute atomic E-state index is 12.9. The SMILES string of the molecule is CCC1(CC)Oc2cccc(N)c2N(CC(C)C)C1=O. The Bertz CT molecular complexity index is 507. The van der Waals surface area contributed by atoms with E-state index in [1.54, 1.807) is 0 Å². The molecule has 4 nitrogen and oxygen atoms in total. The third-order valence-corrected chi connectivity index (χ3v) is 3.93. The van der Waals surface area contributed by atoms with Gasteiger partial charge < -0.3 is 15.4 Å². The van der Waals surface area contributed by atoms with Crippen LogP contribution in [-0.4, -0.2) is 18.1 Å². The number of nitrogens with zero attached hydrogens (tertiary/aromatic N) is 1. The Balaban J connectivity index is 2.56. The van der Waals surface area contributed by atoms with Crippen LogP contribution in [0.15, 0.2) is 18.2 Å². The molecule has 110 valence electrons. The fourth-order valence-corrected chi connectivity index (χ4v) is 2.75. The number of ether oxygens (including phenoxy) is 1. The van der Waals surface area contributed by atoms with Gasteiger partial charge in [0.2, 0.25) is 0 Å². The second kappa shape index (κ2) is 5.35. The van der Waals surface area contributed by atoms with Crippen LogP contribution in [0.25, 0.3) is 0 Å². The summed E-state index contributed by atoms with van der Waals surface area (Å²) in [5.74, 6) is 1.12. The van der Waals surface area contributed by atoms with E-state index in [-0.39, 0.29) is 5.91 Å². The molecule has 1 aliphatic heterocycles. The summed E-state index contributed by atoms with van der Waals surface area (Å²) in [7, 11) is 0. The number of carbonyl (C=O) groups is 1. The van der Waals surface area contributed by atoms with Crippen molar-refractivity contribution in [3.05, 3.63) is 18.2 Å². The van der Waals surface area contributed by atoms with Gasteiger partial charge in [0.25, 0.3) is 5.91 Å². The van der Waals surface area contributed by atoms with E-state index in [9.17, 15) is 4.79 Å². The molecule has 0 radical (unpaired) electrons. The minimum atomic E-state index is -0.754. The normalized spacial score (nSPS) is 17.1. The zero-order valence-corrected chi connectivity index (χ0v) is 12.8. The van der Waals surface area contributed by atoms with E-state index < -0.39 is 5.60 Å². The molecule has 0 unspecified atom stereocenters. The van der Waals surface area contributed by atoms with Gasteiger partial charge in [0.05, 0.1) is 5.69 Å². The summed E-state index contributed by atoms with van der Waals surface area (Å²) in [6, 6.07) is 5.58. The van der Waals surface area contributed by atoms with Gasteiger partial charge in [-0.05, 0) is 30.9 Å². The van der Waals surface area contributed by atoms with E-state index in [2.05, 4.69) is 13.8 Å². The van der Waals surface area contributed by atoms with Crippen molar-refractivity contribution in [1.29, 1.82) is 0 Å². The van der Waals surface area contributed by atoms with Crippen LogP contribution in [0.3, 0.4) is 0 Å². The molecule has 1 amide bonds. The second-order valence-electron chi connectivity index (χ2n) is 5.81. The van der Waals surface area contributed by atoms with Crippen LogP contribution in [0, 0.1) is 5.92 Å². The fourth-order valence-electron chi connectivity index (χ4n) is 2.75. The number of hydrogen-bond acceptors (Lipinski definition) is 3. The third kappa shape index (κ3) is 2.23. The molecule has 2 rings (SSSR count). The van der Waals surface area contributed by atoms with E-state index in [1.165, 1.54) is 0 Å². The van der Waals surface area contributed by atoms with Crippen molar-refractivity contribution in [2.24, 2.45) is 5.92 Å². The van der Waals surface area contributed by atoms with E-state index >= 15 is 0 Å². The molecule has 2 N–H and O–H groups in total. The average molecular weight is 276 g/mol. The number of fused-ring (bicyclic) bond motifs is 1. The van der Waals surface area contributed by atoms with Crippen molar-refractivity contribution in [1.82, 2.24) is 0 Å². The first-order valence-corrected chi connectivity index (χ1v) is 7.34. The highest BCUT2D eigenvalue weighted by atomic mass is 16.5. The molecule has 4 heteroatoms. The number of nitrogens with two attached hydrogens (primary N) is 1. The highest BCUT2D eigenvalue weighted by Gasteiger charge is 2.46. The third-order valence-electron chi connectivity index (χ3n) is 3.93. The summed E-state index contributed by atoms with van der Waals surface area (Å²) in [5, 5.41) is 0. The number of anilines is 2. The van der Waals surface area contributed by atoms with Crippen LogP contribution >= 0.6 is 0 Å². The lowest BCUT2D eigenvalue weighted by Crippen LogP contribution is -2.56. The number of hydrogen-bond donors (Lipinski definition) is 1. The highest BCUT2D eigenvalue weighted by Crippen LogP contribution is 2.43. The molecule has 1 heterocycles. The van der Waals surface area contributed by atoms with Gasteiger partial charge >= 0.3 is 0 Å². The molecule has 0 saturated carbocycles. The van der Waals surface area contributed by atoms with Crippen LogP contribution in [0.5, 0.6) is 5.75 Å². The number of nitrogen functional groups attached to an aromatic ring is 1. The van der Waals surface area contributed by atoms with Gasteiger partial charge in [0, 0.05) is 6.54 Å². The lowest BCUT2D eigenvalue weighted by atomic mass is 9.92. The van der Waals surface area contributed by atoms with Crippen LogP contribution in [0.4, 0.5) is 11.4 Å². The molecule has 1 aliphatic rings. The fraction of sp³-hybridized carbons (Fsp3) is 0.562. The Morgan fingerprint density at radius 1 is 1.30 bits per heavy atom. The molecular formula is C16H24N2O2. The monoisotopic (exact) mass is 276 g/mol. The Kier molecular flexibility index (Phi) is 3.93. The number of amides is 1. The molecule has 0 spiro atoms. The van der Waals surface area contributed by atoms with Gasteiger partial charge in [0.15, 0.2) is 5.60 Å². The lowest BCUT2D eigenvalue weighted by Gasteiger charge is -2.43. The Labute approximate surface area is 120 Å². The summed E-state index contributed by atoms with van der Waals surface area (Å²) < 4.78 is 6.05. The van der Waals surface area contributed by atoms with Crippen LogP contribution < -0.4 is 15.4 Å². The molecule has 20 heavy (non-hydrogen) atoms. The Morgan fingerprint density at radius 2 is 1.95 bits per heavy atom. The molecule has 0 saturated heterocycles. The highest BCUT2D eigenvalue weighted by molar-refractivity contribution is 6.05. The summed E-state index contributed by atoms with van der Waals surface area (Å²) in [6.07, 6.45) is 1.32. The first kappa shape index (κ1) is 14.7. The van der Waals surface area contributed by atoms with Crippen LogP contribution in [0.1, 0.15) is 40.5 Å². The van der Waals surface area contributed by atoms with E-state index in [4.69, 9.17) is 10.5 Å². The summed E-state index contributed by atoms with van der Waals surface area (Å²) in [4.78, 5) is 14.7. The summed E-state index contributed by atoms with van der Waals surface area (Å²) in [6.45, 7) is 8.84. The molecule has 0 fully saturated rings. The van der Waals surface area contributed by atoms with Crippen molar-refractivity contribution < 1.29 is 9.53 Å². The quantitative estimate of drug-likeness (QED) is 0.859. The predicted octanol–water partition coefficient (Wildman–Crippen LogP) is 3.21. The van der Waals surface area contributed by atoms with Gasteiger partial charge in [-0.2, -0.15) is 0 Å². The average Bonchev–Trinajstić information content (AvgIpc) is 2.41. The van der Waals surface area contributed by atoms with Crippen molar-refractivity contribution in [2.75, 3.05) is 17.2 Å². The predicted molar refractivity (Wildman–Crippen MR) is 82.0 cm³/mol. The molecule has 1 aromatic rings. The summed E-state index contributed by atoms with van der Waals surface area (Å²) >= 11 is 0. The van der Waals surface area contributed by atoms with E-state index in [1.807, 2.05) is 36.9 Å². The lowest BCUT2D eigenvalue weighted by molar-refractivity contribution is -0.136. The molecule has 0 atom stereocenters.